The summed E-state index contributed by atoms with van der Waals surface area (Å²) in [7, 11) is 3.17. The Kier molecular flexibility index (Phi) is 7.10. The molecule has 1 amide bonds. The number of nitrogens with one attached hydrogen (secondary N) is 2. The summed E-state index contributed by atoms with van der Waals surface area (Å²) in [4.78, 5) is 21.1. The number of fused-ring (bicyclic) bond motifs is 1. The van der Waals surface area contributed by atoms with Gasteiger partial charge in [-0.05, 0) is 32.9 Å². The molecular weight excluding hydrogens is 460 g/mol. The smallest absolute Gasteiger partial charge is 0.412 e. The van der Waals surface area contributed by atoms with Gasteiger partial charge in [-0.2, -0.15) is 4.98 Å². The van der Waals surface area contributed by atoms with Gasteiger partial charge in [-0.3, -0.25) is 5.32 Å². The average molecular weight is 489 g/mol. The SMILES string of the molecule is COc1cc(Nc2nccc(Oc3ccc(NC(=O)OC(C)(C)C)c4ccccc34)n2)cc(OC)c1. The van der Waals surface area contributed by atoms with E-state index in [0.717, 1.165) is 10.8 Å². The lowest BCUT2D eigenvalue weighted by molar-refractivity contribution is 0.0636. The van der Waals surface area contributed by atoms with E-state index >= 15 is 0 Å². The molecule has 9 nitrogen and oxygen atoms in total. The maximum Gasteiger partial charge on any atom is 0.412 e. The van der Waals surface area contributed by atoms with Gasteiger partial charge in [-0.1, -0.05) is 24.3 Å². The van der Waals surface area contributed by atoms with Crippen LogP contribution in [0.5, 0.6) is 23.1 Å². The van der Waals surface area contributed by atoms with Crippen LogP contribution < -0.4 is 24.8 Å². The number of benzene rings is 3. The van der Waals surface area contributed by atoms with E-state index in [0.29, 0.717) is 40.5 Å². The highest BCUT2D eigenvalue weighted by Crippen LogP contribution is 2.34. The van der Waals surface area contributed by atoms with Crippen LogP contribution in [0.2, 0.25) is 0 Å². The Bertz CT molecular complexity index is 1360. The van der Waals surface area contributed by atoms with Crippen molar-refractivity contribution in [3.8, 4) is 23.1 Å². The molecule has 0 bridgehead atoms. The number of carbonyl (C=O) groups excluding carboxylic acids is 1. The number of carbonyl (C=O) groups is 1. The first-order chi connectivity index (χ1) is 17.2. The van der Waals surface area contributed by atoms with Crippen LogP contribution in [-0.4, -0.2) is 35.9 Å². The molecular formula is C27H28N4O5. The van der Waals surface area contributed by atoms with Crippen molar-refractivity contribution in [2.75, 3.05) is 24.9 Å². The van der Waals surface area contributed by atoms with Crippen LogP contribution in [0.4, 0.5) is 22.1 Å². The molecule has 0 spiro atoms. The summed E-state index contributed by atoms with van der Waals surface area (Å²) in [5.41, 5.74) is 0.716. The molecule has 0 radical (unpaired) electrons. The lowest BCUT2D eigenvalue weighted by Crippen LogP contribution is -2.27. The number of aromatic nitrogens is 2. The third-order valence-electron chi connectivity index (χ3n) is 4.97. The number of anilines is 3. The van der Waals surface area contributed by atoms with Crippen LogP contribution in [0.25, 0.3) is 10.8 Å². The summed E-state index contributed by atoms with van der Waals surface area (Å²) in [6.45, 7) is 5.45. The van der Waals surface area contributed by atoms with Gasteiger partial charge >= 0.3 is 6.09 Å². The molecule has 3 aromatic carbocycles. The second-order valence-electron chi connectivity index (χ2n) is 8.83. The second kappa shape index (κ2) is 10.4. The molecule has 4 aromatic rings. The van der Waals surface area contributed by atoms with Crippen molar-refractivity contribution in [1.29, 1.82) is 0 Å². The Morgan fingerprint density at radius 2 is 1.58 bits per heavy atom. The van der Waals surface area contributed by atoms with Gasteiger partial charge in [0, 0.05) is 46.9 Å². The highest BCUT2D eigenvalue weighted by Gasteiger charge is 2.18. The van der Waals surface area contributed by atoms with Crippen molar-refractivity contribution < 1.29 is 23.7 Å². The predicted octanol–water partition coefficient (Wildman–Crippen LogP) is 6.53. The van der Waals surface area contributed by atoms with Crippen LogP contribution in [-0.2, 0) is 4.74 Å². The minimum Gasteiger partial charge on any atom is -0.497 e. The lowest BCUT2D eigenvalue weighted by Gasteiger charge is -2.20. The minimum atomic E-state index is -0.599. The zero-order valence-electron chi connectivity index (χ0n) is 20.8. The van der Waals surface area contributed by atoms with Crippen molar-refractivity contribution in [2.24, 2.45) is 0 Å². The summed E-state index contributed by atoms with van der Waals surface area (Å²) in [5, 5.41) is 7.56. The minimum absolute atomic E-state index is 0.343. The lowest BCUT2D eigenvalue weighted by atomic mass is 10.1. The highest BCUT2D eigenvalue weighted by atomic mass is 16.6. The van der Waals surface area contributed by atoms with E-state index in [1.54, 1.807) is 44.7 Å². The normalized spacial score (nSPS) is 11.0. The topological polar surface area (TPSA) is 104 Å². The quantitative estimate of drug-likeness (QED) is 0.303. The first-order valence-electron chi connectivity index (χ1n) is 11.3. The predicted molar refractivity (Wildman–Crippen MR) is 139 cm³/mol. The summed E-state index contributed by atoms with van der Waals surface area (Å²) < 4.78 is 22.1. The van der Waals surface area contributed by atoms with E-state index in [1.807, 2.05) is 57.2 Å². The monoisotopic (exact) mass is 488 g/mol. The van der Waals surface area contributed by atoms with Gasteiger partial charge in [0.2, 0.25) is 11.8 Å². The van der Waals surface area contributed by atoms with E-state index < -0.39 is 11.7 Å². The Morgan fingerprint density at radius 1 is 0.889 bits per heavy atom. The number of ether oxygens (including phenoxy) is 4. The third-order valence-corrected chi connectivity index (χ3v) is 4.97. The van der Waals surface area contributed by atoms with Crippen molar-refractivity contribution in [2.45, 2.75) is 26.4 Å². The molecule has 0 atom stereocenters. The van der Waals surface area contributed by atoms with Crippen LogP contribution >= 0.6 is 0 Å². The fraction of sp³-hybridized carbons (Fsp3) is 0.222. The van der Waals surface area contributed by atoms with Crippen LogP contribution in [0.15, 0.2) is 66.9 Å². The van der Waals surface area contributed by atoms with Gasteiger partial charge in [0.15, 0.2) is 0 Å². The number of nitrogens with zero attached hydrogens (tertiary/aromatic N) is 2. The standard InChI is InChI=1S/C27H28N4O5/c1-27(2,3)36-26(32)30-22-10-11-23(21-9-7-6-8-20(21)22)35-24-12-13-28-25(31-24)29-17-14-18(33-4)16-19(15-17)34-5/h6-16H,1-5H3,(H,30,32)(H,28,29,31). The van der Waals surface area contributed by atoms with Crippen LogP contribution in [0.1, 0.15) is 20.8 Å². The molecule has 0 aliphatic rings. The van der Waals surface area contributed by atoms with Crippen LogP contribution in [0, 0.1) is 0 Å². The molecule has 186 valence electrons. The maximum atomic E-state index is 12.3. The molecule has 0 unspecified atom stereocenters. The molecule has 9 heteroatoms. The first-order valence-corrected chi connectivity index (χ1v) is 11.3. The molecule has 0 aliphatic carbocycles. The van der Waals surface area contributed by atoms with Gasteiger partial charge in [0.05, 0.1) is 19.9 Å². The Labute approximate surface area is 209 Å². The fourth-order valence-corrected chi connectivity index (χ4v) is 3.46. The molecule has 4 rings (SSSR count). The van der Waals surface area contributed by atoms with Crippen molar-refractivity contribution in [3.63, 3.8) is 0 Å². The molecule has 1 aromatic heterocycles. The number of hydrogen-bond acceptors (Lipinski definition) is 8. The molecule has 1 heterocycles. The molecule has 0 saturated heterocycles. The van der Waals surface area contributed by atoms with Crippen molar-refractivity contribution in [1.82, 2.24) is 9.97 Å². The molecule has 36 heavy (non-hydrogen) atoms. The Hall–Kier alpha value is -4.53. The summed E-state index contributed by atoms with van der Waals surface area (Å²) in [6, 6.07) is 18.2. The number of amides is 1. The maximum absolute atomic E-state index is 12.3. The number of rotatable bonds is 7. The van der Waals surface area contributed by atoms with E-state index in [1.165, 1.54) is 0 Å². The number of hydrogen-bond donors (Lipinski definition) is 2. The van der Waals surface area contributed by atoms with Crippen molar-refractivity contribution in [3.05, 3.63) is 66.9 Å². The first kappa shape index (κ1) is 24.6. The second-order valence-corrected chi connectivity index (χ2v) is 8.83. The fourth-order valence-electron chi connectivity index (χ4n) is 3.46. The summed E-state index contributed by atoms with van der Waals surface area (Å²) in [5.74, 6) is 2.54. The van der Waals surface area contributed by atoms with E-state index in [9.17, 15) is 4.79 Å². The van der Waals surface area contributed by atoms with Crippen LogP contribution in [0.3, 0.4) is 0 Å². The summed E-state index contributed by atoms with van der Waals surface area (Å²) >= 11 is 0. The van der Waals surface area contributed by atoms with Crippen molar-refractivity contribution >= 4 is 34.2 Å². The van der Waals surface area contributed by atoms with Gasteiger partial charge < -0.3 is 24.3 Å². The number of methoxy groups -OCH3 is 2. The Balaban J connectivity index is 1.57. The average Bonchev–Trinajstić information content (AvgIpc) is 2.84. The molecule has 2 N–H and O–H groups in total. The van der Waals surface area contributed by atoms with Gasteiger partial charge in [0.25, 0.3) is 0 Å². The molecule has 0 saturated carbocycles. The highest BCUT2D eigenvalue weighted by molar-refractivity contribution is 6.02. The largest absolute Gasteiger partial charge is 0.497 e. The van der Waals surface area contributed by atoms with E-state index in [-0.39, 0.29) is 0 Å². The Morgan fingerprint density at radius 3 is 2.25 bits per heavy atom. The van der Waals surface area contributed by atoms with Gasteiger partial charge in [-0.15, -0.1) is 0 Å². The molecule has 0 aliphatic heterocycles. The summed E-state index contributed by atoms with van der Waals surface area (Å²) in [6.07, 6.45) is 1.07. The zero-order chi connectivity index (χ0) is 25.7. The van der Waals surface area contributed by atoms with E-state index in [4.69, 9.17) is 18.9 Å². The van der Waals surface area contributed by atoms with Gasteiger partial charge in [-0.25, -0.2) is 9.78 Å². The van der Waals surface area contributed by atoms with Gasteiger partial charge in [0.1, 0.15) is 22.8 Å². The molecule has 0 fully saturated rings. The van der Waals surface area contributed by atoms with E-state index in [2.05, 4.69) is 20.6 Å². The zero-order valence-corrected chi connectivity index (χ0v) is 20.8. The third kappa shape index (κ3) is 6.12.